The van der Waals surface area contributed by atoms with Crippen molar-refractivity contribution in [2.45, 2.75) is 6.04 Å². The number of amides is 1. The van der Waals surface area contributed by atoms with Crippen LogP contribution in [-0.2, 0) is 0 Å². The van der Waals surface area contributed by atoms with Crippen LogP contribution in [0.25, 0.3) is 0 Å². The fourth-order valence-corrected chi connectivity index (χ4v) is 1.88. The molecule has 19 heavy (non-hydrogen) atoms. The summed E-state index contributed by atoms with van der Waals surface area (Å²) in [5.74, 6) is -0.299. The quantitative estimate of drug-likeness (QED) is 0.842. The van der Waals surface area contributed by atoms with Crippen molar-refractivity contribution in [2.24, 2.45) is 0 Å². The predicted molar refractivity (Wildman–Crippen MR) is 73.0 cm³/mol. The van der Waals surface area contributed by atoms with Gasteiger partial charge in [0.25, 0.3) is 5.91 Å². The highest BCUT2D eigenvalue weighted by Crippen LogP contribution is 2.13. The Balaban J connectivity index is 2.13. The van der Waals surface area contributed by atoms with Crippen molar-refractivity contribution >= 4 is 17.5 Å². The third-order valence-electron chi connectivity index (χ3n) is 2.68. The molecular weight excluding hydrogens is 264 g/mol. The Kier molecular flexibility index (Phi) is 4.49. The molecule has 5 heteroatoms. The standard InChI is InChI=1S/C14H13ClN2O2/c15-13-8-11(6-7-16-13)14(19)17-12(9-18)10-4-2-1-3-5-10/h1-8,12,18H,9H2,(H,17,19)/t12-/m1/s1. The number of aromatic nitrogens is 1. The summed E-state index contributed by atoms with van der Waals surface area (Å²) in [6, 6.07) is 11.9. The van der Waals surface area contributed by atoms with Crippen molar-refractivity contribution in [1.29, 1.82) is 0 Å². The van der Waals surface area contributed by atoms with Gasteiger partial charge in [-0.05, 0) is 17.7 Å². The third kappa shape index (κ3) is 3.53. The van der Waals surface area contributed by atoms with Crippen LogP contribution in [0.1, 0.15) is 22.0 Å². The molecule has 1 heterocycles. The SMILES string of the molecule is O=C(N[C@H](CO)c1ccccc1)c1ccnc(Cl)c1. The lowest BCUT2D eigenvalue weighted by atomic mass is 10.1. The van der Waals surface area contributed by atoms with Crippen molar-refractivity contribution in [3.05, 3.63) is 64.9 Å². The molecule has 0 saturated carbocycles. The fourth-order valence-electron chi connectivity index (χ4n) is 1.71. The van der Waals surface area contributed by atoms with E-state index in [1.54, 1.807) is 6.07 Å². The second-order valence-corrected chi connectivity index (χ2v) is 4.37. The monoisotopic (exact) mass is 276 g/mol. The molecule has 0 radical (unpaired) electrons. The van der Waals surface area contributed by atoms with E-state index in [1.807, 2.05) is 30.3 Å². The zero-order valence-electron chi connectivity index (χ0n) is 10.1. The van der Waals surface area contributed by atoms with E-state index in [4.69, 9.17) is 11.6 Å². The van der Waals surface area contributed by atoms with E-state index in [0.29, 0.717) is 5.56 Å². The van der Waals surface area contributed by atoms with E-state index in [9.17, 15) is 9.90 Å². The van der Waals surface area contributed by atoms with Crippen LogP contribution in [0.4, 0.5) is 0 Å². The summed E-state index contributed by atoms with van der Waals surface area (Å²) in [6.07, 6.45) is 1.47. The lowest BCUT2D eigenvalue weighted by Gasteiger charge is -2.16. The van der Waals surface area contributed by atoms with Crippen LogP contribution in [0.3, 0.4) is 0 Å². The summed E-state index contributed by atoms with van der Waals surface area (Å²) in [4.78, 5) is 15.8. The first-order valence-corrected chi connectivity index (χ1v) is 6.16. The Morgan fingerprint density at radius 1 is 1.32 bits per heavy atom. The Bertz CT molecular complexity index is 560. The van der Waals surface area contributed by atoms with Crippen LogP contribution >= 0.6 is 11.6 Å². The molecule has 1 amide bonds. The van der Waals surface area contributed by atoms with Crippen LogP contribution in [0.5, 0.6) is 0 Å². The van der Waals surface area contributed by atoms with Gasteiger partial charge in [0.2, 0.25) is 0 Å². The summed E-state index contributed by atoms with van der Waals surface area (Å²) in [5, 5.41) is 12.4. The van der Waals surface area contributed by atoms with Gasteiger partial charge >= 0.3 is 0 Å². The van der Waals surface area contributed by atoms with Crippen LogP contribution in [0, 0.1) is 0 Å². The number of halogens is 1. The number of rotatable bonds is 4. The van der Waals surface area contributed by atoms with Crippen LogP contribution in [0.2, 0.25) is 5.15 Å². The number of pyridine rings is 1. The topological polar surface area (TPSA) is 62.2 Å². The van der Waals surface area contributed by atoms with Crippen molar-refractivity contribution < 1.29 is 9.90 Å². The highest BCUT2D eigenvalue weighted by atomic mass is 35.5. The molecule has 2 N–H and O–H groups in total. The van der Waals surface area contributed by atoms with E-state index < -0.39 is 6.04 Å². The lowest BCUT2D eigenvalue weighted by molar-refractivity contribution is 0.0916. The molecule has 2 aromatic rings. The lowest BCUT2D eigenvalue weighted by Crippen LogP contribution is -2.30. The molecule has 1 aromatic heterocycles. The third-order valence-corrected chi connectivity index (χ3v) is 2.89. The zero-order chi connectivity index (χ0) is 13.7. The average molecular weight is 277 g/mol. The highest BCUT2D eigenvalue weighted by molar-refractivity contribution is 6.29. The van der Waals surface area contributed by atoms with Crippen molar-refractivity contribution in [3.63, 3.8) is 0 Å². The Morgan fingerprint density at radius 2 is 2.05 bits per heavy atom. The summed E-state index contributed by atoms with van der Waals surface area (Å²) in [5.41, 5.74) is 1.26. The fraction of sp³-hybridized carbons (Fsp3) is 0.143. The van der Waals surface area contributed by atoms with Gasteiger partial charge in [-0.15, -0.1) is 0 Å². The highest BCUT2D eigenvalue weighted by Gasteiger charge is 2.14. The Labute approximate surface area is 116 Å². The molecule has 1 aromatic carbocycles. The minimum absolute atomic E-state index is 0.172. The molecule has 0 aliphatic rings. The summed E-state index contributed by atoms with van der Waals surface area (Å²) in [6.45, 7) is -0.172. The molecule has 0 unspecified atom stereocenters. The minimum Gasteiger partial charge on any atom is -0.394 e. The molecule has 98 valence electrons. The summed E-state index contributed by atoms with van der Waals surface area (Å²) >= 11 is 5.74. The number of carbonyl (C=O) groups excluding carboxylic acids is 1. The van der Waals surface area contributed by atoms with Gasteiger partial charge in [-0.1, -0.05) is 41.9 Å². The molecule has 4 nitrogen and oxygen atoms in total. The molecule has 0 aliphatic heterocycles. The van der Waals surface area contributed by atoms with Crippen molar-refractivity contribution in [2.75, 3.05) is 6.61 Å². The van der Waals surface area contributed by atoms with Gasteiger partial charge in [0.1, 0.15) is 5.15 Å². The second-order valence-electron chi connectivity index (χ2n) is 3.99. The predicted octanol–water partition coefficient (Wildman–Crippen LogP) is 2.20. The number of nitrogens with one attached hydrogen (secondary N) is 1. The largest absolute Gasteiger partial charge is 0.394 e. The molecule has 0 fully saturated rings. The molecule has 1 atom stereocenters. The normalized spacial score (nSPS) is 11.9. The first-order chi connectivity index (χ1) is 9.20. The van der Waals surface area contributed by atoms with Gasteiger partial charge in [-0.2, -0.15) is 0 Å². The smallest absolute Gasteiger partial charge is 0.252 e. The number of hydrogen-bond donors (Lipinski definition) is 2. The van der Waals surface area contributed by atoms with Crippen molar-refractivity contribution in [3.8, 4) is 0 Å². The van der Waals surface area contributed by atoms with Crippen LogP contribution in [-0.4, -0.2) is 22.6 Å². The Morgan fingerprint density at radius 3 is 2.68 bits per heavy atom. The first-order valence-electron chi connectivity index (χ1n) is 5.79. The van der Waals surface area contributed by atoms with Gasteiger partial charge in [-0.3, -0.25) is 4.79 Å². The maximum absolute atomic E-state index is 12.0. The van der Waals surface area contributed by atoms with E-state index in [2.05, 4.69) is 10.3 Å². The zero-order valence-corrected chi connectivity index (χ0v) is 10.8. The first kappa shape index (κ1) is 13.5. The van der Waals surface area contributed by atoms with Gasteiger partial charge in [0, 0.05) is 11.8 Å². The Hall–Kier alpha value is -1.91. The van der Waals surface area contributed by atoms with Crippen LogP contribution in [0.15, 0.2) is 48.7 Å². The van der Waals surface area contributed by atoms with Crippen LogP contribution < -0.4 is 5.32 Å². The molecular formula is C14H13ClN2O2. The van der Waals surface area contributed by atoms with Gasteiger partial charge in [-0.25, -0.2) is 4.98 Å². The van der Waals surface area contributed by atoms with E-state index in [0.717, 1.165) is 5.56 Å². The molecule has 2 rings (SSSR count). The van der Waals surface area contributed by atoms with Gasteiger partial charge in [0.15, 0.2) is 0 Å². The number of hydrogen-bond acceptors (Lipinski definition) is 3. The molecule has 0 bridgehead atoms. The maximum Gasteiger partial charge on any atom is 0.252 e. The summed E-state index contributed by atoms with van der Waals surface area (Å²) < 4.78 is 0. The van der Waals surface area contributed by atoms with Gasteiger partial charge in [0.05, 0.1) is 12.6 Å². The average Bonchev–Trinajstić information content (AvgIpc) is 2.45. The summed E-state index contributed by atoms with van der Waals surface area (Å²) in [7, 11) is 0. The van der Waals surface area contributed by atoms with Gasteiger partial charge < -0.3 is 10.4 Å². The molecule has 0 aliphatic carbocycles. The van der Waals surface area contributed by atoms with Crippen molar-refractivity contribution in [1.82, 2.24) is 10.3 Å². The number of aliphatic hydroxyl groups excluding tert-OH is 1. The van der Waals surface area contributed by atoms with E-state index in [-0.39, 0.29) is 17.7 Å². The second kappa shape index (κ2) is 6.31. The number of aliphatic hydroxyl groups is 1. The molecule has 0 saturated heterocycles. The van der Waals surface area contributed by atoms with E-state index >= 15 is 0 Å². The maximum atomic E-state index is 12.0. The van der Waals surface area contributed by atoms with E-state index in [1.165, 1.54) is 12.3 Å². The number of nitrogens with zero attached hydrogens (tertiary/aromatic N) is 1. The molecule has 0 spiro atoms. The number of carbonyl (C=O) groups is 1. The number of benzene rings is 1. The minimum atomic E-state index is -0.444.